The quantitative estimate of drug-likeness (QED) is 0.582. The van der Waals surface area contributed by atoms with E-state index in [1.54, 1.807) is 6.08 Å². The molecule has 4 rings (SSSR count). The summed E-state index contributed by atoms with van der Waals surface area (Å²) in [4.78, 5) is 41.0. The standard InChI is InChI=1S/C26H28N2O4S/c1-17-9-6-7-13-19(17)22-20-21(26(27-22,25(31)32)14-16-33-2)24(30)28(23(20)29)15-8-12-18-10-4-3-5-11-18/h3-13,20-22,27H,14-16H2,1-2H3,(H,31,32). The highest BCUT2D eigenvalue weighted by atomic mass is 32.2. The number of carbonyl (C=O) groups excluding carboxylic acids is 2. The Labute approximate surface area is 198 Å². The third-order valence-corrected chi connectivity index (χ3v) is 7.36. The van der Waals surface area contributed by atoms with Gasteiger partial charge < -0.3 is 5.11 Å². The summed E-state index contributed by atoms with van der Waals surface area (Å²) in [5.74, 6) is -2.92. The summed E-state index contributed by atoms with van der Waals surface area (Å²) in [7, 11) is 0. The monoisotopic (exact) mass is 464 g/mol. The Morgan fingerprint density at radius 1 is 1.12 bits per heavy atom. The van der Waals surface area contributed by atoms with Crippen molar-refractivity contribution in [1.82, 2.24) is 10.2 Å². The van der Waals surface area contributed by atoms with Crippen LogP contribution in [0.5, 0.6) is 0 Å². The average molecular weight is 465 g/mol. The maximum atomic E-state index is 13.6. The first kappa shape index (κ1) is 23.3. The zero-order chi connectivity index (χ0) is 23.6. The molecule has 2 fully saturated rings. The normalized spacial score (nSPS) is 26.8. The number of thioether (sulfide) groups is 1. The number of rotatable bonds is 8. The van der Waals surface area contributed by atoms with E-state index >= 15 is 0 Å². The molecule has 2 N–H and O–H groups in total. The summed E-state index contributed by atoms with van der Waals surface area (Å²) >= 11 is 1.53. The SMILES string of the molecule is CSCCC1(C(=O)O)NC(c2ccccc2C)C2C(=O)N(CC=Cc3ccccc3)C(=O)C21. The molecule has 2 aliphatic rings. The Kier molecular flexibility index (Phi) is 6.72. The molecule has 2 aromatic rings. The first-order valence-corrected chi connectivity index (χ1v) is 12.4. The maximum Gasteiger partial charge on any atom is 0.324 e. The molecule has 2 aromatic carbocycles. The third kappa shape index (κ3) is 4.11. The zero-order valence-corrected chi connectivity index (χ0v) is 19.5. The fourth-order valence-corrected chi connectivity index (χ4v) is 5.63. The average Bonchev–Trinajstić information content (AvgIpc) is 3.28. The lowest BCUT2D eigenvalue weighted by atomic mass is 9.77. The molecule has 7 heteroatoms. The van der Waals surface area contributed by atoms with Gasteiger partial charge in [0.1, 0.15) is 5.54 Å². The second-order valence-electron chi connectivity index (χ2n) is 8.60. The fourth-order valence-electron chi connectivity index (χ4n) is 5.10. The van der Waals surface area contributed by atoms with E-state index in [9.17, 15) is 19.5 Å². The van der Waals surface area contributed by atoms with Crippen molar-refractivity contribution in [2.45, 2.75) is 24.9 Å². The number of carboxylic acid groups (broad SMARTS) is 1. The maximum absolute atomic E-state index is 13.6. The van der Waals surface area contributed by atoms with Crippen LogP contribution in [0, 0.1) is 18.8 Å². The van der Waals surface area contributed by atoms with Crippen molar-refractivity contribution in [3.8, 4) is 0 Å². The smallest absolute Gasteiger partial charge is 0.324 e. The highest BCUT2D eigenvalue weighted by Crippen LogP contribution is 2.50. The summed E-state index contributed by atoms with van der Waals surface area (Å²) in [6.45, 7) is 2.06. The number of nitrogens with zero attached hydrogens (tertiary/aromatic N) is 1. The molecule has 2 aliphatic heterocycles. The summed E-state index contributed by atoms with van der Waals surface area (Å²) in [5, 5.41) is 13.6. The van der Waals surface area contributed by atoms with Crippen LogP contribution in [0.2, 0.25) is 0 Å². The second kappa shape index (κ2) is 9.53. The zero-order valence-electron chi connectivity index (χ0n) is 18.7. The van der Waals surface area contributed by atoms with Gasteiger partial charge >= 0.3 is 5.97 Å². The number of carboxylic acids is 1. The molecular formula is C26H28N2O4S. The number of nitrogens with one attached hydrogen (secondary N) is 1. The lowest BCUT2D eigenvalue weighted by molar-refractivity contribution is -0.151. The molecule has 0 spiro atoms. The number of imide groups is 1. The second-order valence-corrected chi connectivity index (χ2v) is 9.59. The van der Waals surface area contributed by atoms with E-state index in [2.05, 4.69) is 5.32 Å². The number of benzene rings is 2. The van der Waals surface area contributed by atoms with Crippen molar-refractivity contribution in [2.24, 2.45) is 11.8 Å². The summed E-state index contributed by atoms with van der Waals surface area (Å²) < 4.78 is 0. The van der Waals surface area contributed by atoms with Gasteiger partial charge in [0.05, 0.1) is 11.8 Å². The minimum absolute atomic E-state index is 0.123. The summed E-state index contributed by atoms with van der Waals surface area (Å²) in [6, 6.07) is 16.7. The van der Waals surface area contributed by atoms with Gasteiger partial charge in [-0.15, -0.1) is 0 Å². The Balaban J connectivity index is 1.71. The molecular weight excluding hydrogens is 436 g/mol. The number of aryl methyl sites for hydroxylation is 1. The van der Waals surface area contributed by atoms with Crippen molar-refractivity contribution >= 4 is 35.6 Å². The van der Waals surface area contributed by atoms with Crippen LogP contribution in [0.15, 0.2) is 60.7 Å². The van der Waals surface area contributed by atoms with Crippen molar-refractivity contribution in [3.05, 3.63) is 77.4 Å². The Hall–Kier alpha value is -2.90. The van der Waals surface area contributed by atoms with Crippen LogP contribution in [0.25, 0.3) is 6.08 Å². The van der Waals surface area contributed by atoms with Gasteiger partial charge in [0, 0.05) is 12.6 Å². The van der Waals surface area contributed by atoms with Gasteiger partial charge in [-0.2, -0.15) is 11.8 Å². The molecule has 4 atom stereocenters. The van der Waals surface area contributed by atoms with E-state index in [1.807, 2.05) is 73.9 Å². The fraction of sp³-hybridized carbons (Fsp3) is 0.346. The molecule has 0 aromatic heterocycles. The highest BCUT2D eigenvalue weighted by molar-refractivity contribution is 7.98. The lowest BCUT2D eigenvalue weighted by Gasteiger charge is -2.31. The predicted molar refractivity (Wildman–Crippen MR) is 130 cm³/mol. The van der Waals surface area contributed by atoms with Crippen molar-refractivity contribution in [2.75, 3.05) is 18.6 Å². The van der Waals surface area contributed by atoms with E-state index in [0.29, 0.717) is 5.75 Å². The molecule has 6 nitrogen and oxygen atoms in total. The van der Waals surface area contributed by atoms with E-state index < -0.39 is 35.3 Å². The van der Waals surface area contributed by atoms with Gasteiger partial charge in [-0.05, 0) is 42.0 Å². The van der Waals surface area contributed by atoms with Crippen LogP contribution in [-0.4, -0.2) is 51.9 Å². The van der Waals surface area contributed by atoms with Crippen LogP contribution in [0.4, 0.5) is 0 Å². The molecule has 4 unspecified atom stereocenters. The van der Waals surface area contributed by atoms with Gasteiger partial charge in [0.25, 0.3) is 0 Å². The minimum atomic E-state index is -1.48. The largest absolute Gasteiger partial charge is 0.480 e. The van der Waals surface area contributed by atoms with Gasteiger partial charge in [-0.1, -0.05) is 66.7 Å². The topological polar surface area (TPSA) is 86.7 Å². The molecule has 0 saturated carbocycles. The van der Waals surface area contributed by atoms with Crippen LogP contribution < -0.4 is 5.32 Å². The molecule has 2 heterocycles. The van der Waals surface area contributed by atoms with E-state index in [1.165, 1.54) is 16.7 Å². The van der Waals surface area contributed by atoms with Gasteiger partial charge in [0.2, 0.25) is 11.8 Å². The van der Waals surface area contributed by atoms with Crippen LogP contribution in [0.1, 0.15) is 29.2 Å². The molecule has 0 radical (unpaired) electrons. The van der Waals surface area contributed by atoms with Crippen molar-refractivity contribution < 1.29 is 19.5 Å². The van der Waals surface area contributed by atoms with Crippen LogP contribution in [-0.2, 0) is 14.4 Å². The molecule has 0 bridgehead atoms. The first-order chi connectivity index (χ1) is 15.9. The molecule has 172 valence electrons. The molecule has 0 aliphatic carbocycles. The Bertz CT molecular complexity index is 1090. The summed E-state index contributed by atoms with van der Waals surface area (Å²) in [5.41, 5.74) is 1.31. The van der Waals surface area contributed by atoms with Gasteiger partial charge in [0.15, 0.2) is 0 Å². The van der Waals surface area contributed by atoms with E-state index in [4.69, 9.17) is 0 Å². The number of hydrogen-bond donors (Lipinski definition) is 2. The predicted octanol–water partition coefficient (Wildman–Crippen LogP) is 3.53. The van der Waals surface area contributed by atoms with E-state index in [0.717, 1.165) is 16.7 Å². The van der Waals surface area contributed by atoms with Crippen LogP contribution in [0.3, 0.4) is 0 Å². The number of carbonyl (C=O) groups is 3. The molecule has 2 saturated heterocycles. The number of amides is 2. The van der Waals surface area contributed by atoms with Gasteiger partial charge in [-0.25, -0.2) is 0 Å². The third-order valence-electron chi connectivity index (χ3n) is 6.75. The Morgan fingerprint density at radius 2 is 1.82 bits per heavy atom. The lowest BCUT2D eigenvalue weighted by Crippen LogP contribution is -2.56. The molecule has 33 heavy (non-hydrogen) atoms. The van der Waals surface area contributed by atoms with Crippen LogP contribution >= 0.6 is 11.8 Å². The number of hydrogen-bond acceptors (Lipinski definition) is 5. The number of likely N-dealkylation sites (tertiary alicyclic amines) is 1. The molecule has 2 amide bonds. The Morgan fingerprint density at radius 3 is 2.48 bits per heavy atom. The highest BCUT2D eigenvalue weighted by Gasteiger charge is 2.68. The van der Waals surface area contributed by atoms with Gasteiger partial charge in [-0.3, -0.25) is 24.6 Å². The van der Waals surface area contributed by atoms with Crippen molar-refractivity contribution in [3.63, 3.8) is 0 Å². The first-order valence-electron chi connectivity index (χ1n) is 11.0. The van der Waals surface area contributed by atoms with Crippen molar-refractivity contribution in [1.29, 1.82) is 0 Å². The number of fused-ring (bicyclic) bond motifs is 1. The van der Waals surface area contributed by atoms with E-state index in [-0.39, 0.29) is 18.9 Å². The summed E-state index contributed by atoms with van der Waals surface area (Å²) in [6.07, 6.45) is 5.82. The minimum Gasteiger partial charge on any atom is -0.480 e. The number of aliphatic carboxylic acids is 1.